The first kappa shape index (κ1) is 17.7. The van der Waals surface area contributed by atoms with Crippen LogP contribution in [0.25, 0.3) is 0 Å². The topological polar surface area (TPSA) is 40.0 Å². The maximum atomic E-state index is 12.7. The van der Waals surface area contributed by atoms with E-state index in [-0.39, 0.29) is 5.69 Å². The van der Waals surface area contributed by atoms with Crippen LogP contribution in [0.4, 0.5) is 18.9 Å². The predicted octanol–water partition coefficient (Wildman–Crippen LogP) is 4.48. The minimum Gasteiger partial charge on any atom is -0.493 e. The van der Waals surface area contributed by atoms with E-state index in [2.05, 4.69) is 4.99 Å². The predicted molar refractivity (Wildman–Crippen MR) is 84.8 cm³/mol. The van der Waals surface area contributed by atoms with Gasteiger partial charge in [-0.05, 0) is 30.3 Å². The van der Waals surface area contributed by atoms with Crippen LogP contribution >= 0.6 is 0 Å². The third-order valence-electron chi connectivity index (χ3n) is 3.22. The van der Waals surface area contributed by atoms with Gasteiger partial charge in [0.15, 0.2) is 11.5 Å². The second kappa shape index (κ2) is 7.25. The molecule has 0 heterocycles. The summed E-state index contributed by atoms with van der Waals surface area (Å²) in [7, 11) is 4.44. The van der Waals surface area contributed by atoms with Crippen LogP contribution in [0.5, 0.6) is 17.2 Å². The number of hydrogen-bond acceptors (Lipinski definition) is 4. The number of nitrogens with zero attached hydrogens (tertiary/aromatic N) is 1. The van der Waals surface area contributed by atoms with E-state index in [1.807, 2.05) is 0 Å². The maximum Gasteiger partial charge on any atom is 0.416 e. The average Bonchev–Trinajstić information content (AvgIpc) is 2.58. The minimum absolute atomic E-state index is 0.193. The van der Waals surface area contributed by atoms with Gasteiger partial charge in [0.25, 0.3) is 0 Å². The molecule has 0 fully saturated rings. The lowest BCUT2D eigenvalue weighted by Crippen LogP contribution is -2.03. The molecule has 0 unspecified atom stereocenters. The Labute approximate surface area is 137 Å². The molecule has 4 nitrogen and oxygen atoms in total. The number of benzene rings is 2. The third kappa shape index (κ3) is 3.98. The fourth-order valence-electron chi connectivity index (χ4n) is 2.09. The van der Waals surface area contributed by atoms with Crippen molar-refractivity contribution in [2.45, 2.75) is 6.18 Å². The number of hydrogen-bond donors (Lipinski definition) is 0. The average molecular weight is 339 g/mol. The van der Waals surface area contributed by atoms with E-state index >= 15 is 0 Å². The van der Waals surface area contributed by atoms with Crippen LogP contribution in [0.15, 0.2) is 41.4 Å². The molecular formula is C17H16F3NO3. The van der Waals surface area contributed by atoms with E-state index in [1.165, 1.54) is 39.7 Å². The van der Waals surface area contributed by atoms with Crippen LogP contribution in [0.1, 0.15) is 11.1 Å². The van der Waals surface area contributed by atoms with Gasteiger partial charge in [0.1, 0.15) is 0 Å². The fourth-order valence-corrected chi connectivity index (χ4v) is 2.09. The summed E-state index contributed by atoms with van der Waals surface area (Å²) < 4.78 is 53.8. The molecule has 0 N–H and O–H groups in total. The molecule has 0 radical (unpaired) electrons. The van der Waals surface area contributed by atoms with E-state index in [9.17, 15) is 13.2 Å². The minimum atomic E-state index is -4.40. The van der Waals surface area contributed by atoms with Crippen molar-refractivity contribution in [1.29, 1.82) is 0 Å². The van der Waals surface area contributed by atoms with Gasteiger partial charge < -0.3 is 14.2 Å². The fraction of sp³-hybridized carbons (Fsp3) is 0.235. The van der Waals surface area contributed by atoms with E-state index in [1.54, 1.807) is 12.1 Å². The van der Waals surface area contributed by atoms with Crippen molar-refractivity contribution in [3.63, 3.8) is 0 Å². The Hall–Kier alpha value is -2.70. The van der Waals surface area contributed by atoms with Gasteiger partial charge >= 0.3 is 6.18 Å². The van der Waals surface area contributed by atoms with Crippen LogP contribution in [-0.4, -0.2) is 27.5 Å². The molecule has 0 atom stereocenters. The maximum absolute atomic E-state index is 12.7. The van der Waals surface area contributed by atoms with Crippen molar-refractivity contribution in [2.75, 3.05) is 21.3 Å². The number of alkyl halides is 3. The highest BCUT2D eigenvalue weighted by atomic mass is 19.4. The van der Waals surface area contributed by atoms with Gasteiger partial charge in [-0.15, -0.1) is 0 Å². The molecule has 2 aromatic carbocycles. The molecule has 24 heavy (non-hydrogen) atoms. The Kier molecular flexibility index (Phi) is 5.33. The molecule has 0 aliphatic heterocycles. The standard InChI is InChI=1S/C17H16F3NO3/c1-22-14-7-11(8-15(23-2)16(14)24-3)10-21-13-6-4-5-12(9-13)17(18,19)20/h4-10H,1-3H3. The second-order valence-electron chi connectivity index (χ2n) is 4.76. The summed E-state index contributed by atoms with van der Waals surface area (Å²) in [6.45, 7) is 0. The Morgan fingerprint density at radius 3 is 2.04 bits per heavy atom. The molecule has 2 aromatic rings. The number of ether oxygens (including phenoxy) is 3. The number of halogens is 3. The summed E-state index contributed by atoms with van der Waals surface area (Å²) in [5, 5.41) is 0. The van der Waals surface area contributed by atoms with Crippen LogP contribution in [0.3, 0.4) is 0 Å². The van der Waals surface area contributed by atoms with Gasteiger partial charge in [-0.1, -0.05) is 6.07 Å². The quantitative estimate of drug-likeness (QED) is 0.754. The lowest BCUT2D eigenvalue weighted by Gasteiger charge is -2.12. The summed E-state index contributed by atoms with van der Waals surface area (Å²) in [4.78, 5) is 4.08. The summed E-state index contributed by atoms with van der Waals surface area (Å²) in [6.07, 6.45) is -2.97. The zero-order valence-electron chi connectivity index (χ0n) is 13.3. The van der Waals surface area contributed by atoms with Crippen molar-refractivity contribution in [2.24, 2.45) is 4.99 Å². The zero-order valence-corrected chi connectivity index (χ0v) is 13.3. The van der Waals surface area contributed by atoms with Crippen molar-refractivity contribution in [1.82, 2.24) is 0 Å². The van der Waals surface area contributed by atoms with Crippen LogP contribution < -0.4 is 14.2 Å². The Balaban J connectivity index is 2.36. The zero-order chi connectivity index (χ0) is 17.7. The molecular weight excluding hydrogens is 323 g/mol. The highest BCUT2D eigenvalue weighted by Crippen LogP contribution is 2.38. The van der Waals surface area contributed by atoms with E-state index < -0.39 is 11.7 Å². The van der Waals surface area contributed by atoms with Gasteiger partial charge in [0, 0.05) is 11.8 Å². The molecule has 0 amide bonds. The molecule has 0 saturated carbocycles. The first-order valence-corrected chi connectivity index (χ1v) is 6.90. The second-order valence-corrected chi connectivity index (χ2v) is 4.76. The first-order valence-electron chi connectivity index (χ1n) is 6.90. The summed E-state index contributed by atoms with van der Waals surface area (Å²) in [6, 6.07) is 8.08. The molecule has 0 saturated heterocycles. The van der Waals surface area contributed by atoms with Crippen molar-refractivity contribution < 1.29 is 27.4 Å². The molecule has 7 heteroatoms. The van der Waals surface area contributed by atoms with Gasteiger partial charge in [0.2, 0.25) is 5.75 Å². The van der Waals surface area contributed by atoms with Gasteiger partial charge in [-0.25, -0.2) is 0 Å². The molecule has 2 rings (SSSR count). The van der Waals surface area contributed by atoms with Gasteiger partial charge in [-0.3, -0.25) is 4.99 Å². The monoisotopic (exact) mass is 339 g/mol. The molecule has 0 bridgehead atoms. The molecule has 0 spiro atoms. The lowest BCUT2D eigenvalue weighted by atomic mass is 10.2. The lowest BCUT2D eigenvalue weighted by molar-refractivity contribution is -0.137. The first-order chi connectivity index (χ1) is 11.4. The van der Waals surface area contributed by atoms with Crippen molar-refractivity contribution >= 4 is 11.9 Å². The Bertz CT molecular complexity index is 717. The van der Waals surface area contributed by atoms with E-state index in [0.29, 0.717) is 22.8 Å². The molecule has 0 aliphatic rings. The molecule has 128 valence electrons. The van der Waals surface area contributed by atoms with E-state index in [0.717, 1.165) is 12.1 Å². The molecule has 0 aliphatic carbocycles. The van der Waals surface area contributed by atoms with Crippen LogP contribution in [0, 0.1) is 0 Å². The molecule has 0 aromatic heterocycles. The SMILES string of the molecule is COc1cc(C=Nc2cccc(C(F)(F)F)c2)cc(OC)c1OC. The van der Waals surface area contributed by atoms with Crippen molar-refractivity contribution in [3.8, 4) is 17.2 Å². The number of aliphatic imine (C=N–C) groups is 1. The highest BCUT2D eigenvalue weighted by Gasteiger charge is 2.30. The Morgan fingerprint density at radius 2 is 1.54 bits per heavy atom. The van der Waals surface area contributed by atoms with Crippen LogP contribution in [0.2, 0.25) is 0 Å². The van der Waals surface area contributed by atoms with E-state index in [4.69, 9.17) is 14.2 Å². The smallest absolute Gasteiger partial charge is 0.416 e. The summed E-state index contributed by atoms with van der Waals surface area (Å²) >= 11 is 0. The summed E-state index contributed by atoms with van der Waals surface area (Å²) in [5.74, 6) is 1.29. The van der Waals surface area contributed by atoms with Gasteiger partial charge in [0.05, 0.1) is 32.6 Å². The largest absolute Gasteiger partial charge is 0.493 e. The Morgan fingerprint density at radius 1 is 0.917 bits per heavy atom. The third-order valence-corrected chi connectivity index (χ3v) is 3.22. The number of methoxy groups -OCH3 is 3. The summed E-state index contributed by atoms with van der Waals surface area (Å²) in [5.41, 5.74) is 0.0440. The highest BCUT2D eigenvalue weighted by molar-refractivity contribution is 5.84. The van der Waals surface area contributed by atoms with Crippen molar-refractivity contribution in [3.05, 3.63) is 47.5 Å². The number of rotatable bonds is 5. The van der Waals surface area contributed by atoms with Gasteiger partial charge in [-0.2, -0.15) is 13.2 Å². The normalized spacial score (nSPS) is 11.6. The van der Waals surface area contributed by atoms with Crippen LogP contribution in [-0.2, 0) is 6.18 Å².